The van der Waals surface area contributed by atoms with Gasteiger partial charge < -0.3 is 4.57 Å². The van der Waals surface area contributed by atoms with Crippen LogP contribution in [0.4, 0.5) is 0 Å². The molecule has 0 saturated carbocycles. The highest BCUT2D eigenvalue weighted by Gasteiger charge is 2.11. The van der Waals surface area contributed by atoms with Gasteiger partial charge in [0.05, 0.1) is 11.0 Å². The number of rotatable bonds is 4. The van der Waals surface area contributed by atoms with Crippen molar-refractivity contribution in [1.29, 1.82) is 0 Å². The summed E-state index contributed by atoms with van der Waals surface area (Å²) in [5, 5.41) is 0. The maximum atomic E-state index is 4.71. The van der Waals surface area contributed by atoms with Crippen LogP contribution in [-0.2, 0) is 12.3 Å². The Balaban J connectivity index is 2.55. The Bertz CT molecular complexity index is 541. The first-order chi connectivity index (χ1) is 8.52. The lowest BCUT2D eigenvalue weighted by molar-refractivity contribution is 0.523. The van der Waals surface area contributed by atoms with Gasteiger partial charge >= 0.3 is 0 Å². The number of hydrogen-bond acceptors (Lipinski definition) is 2. The van der Waals surface area contributed by atoms with E-state index in [9.17, 15) is 0 Å². The minimum atomic E-state index is 0.545. The number of thiol groups is 1. The Labute approximate surface area is 115 Å². The van der Waals surface area contributed by atoms with E-state index in [0.29, 0.717) is 17.6 Å². The molecule has 0 aliphatic carbocycles. The lowest BCUT2D eigenvalue weighted by Crippen LogP contribution is -2.07. The van der Waals surface area contributed by atoms with Crippen LogP contribution in [0, 0.1) is 5.92 Å². The molecule has 2 rings (SSSR count). The van der Waals surface area contributed by atoms with Gasteiger partial charge in [0.1, 0.15) is 5.82 Å². The maximum absolute atomic E-state index is 4.71. The summed E-state index contributed by atoms with van der Waals surface area (Å²) in [6, 6.07) is 6.63. The van der Waals surface area contributed by atoms with E-state index < -0.39 is 0 Å². The molecule has 18 heavy (non-hydrogen) atoms. The summed E-state index contributed by atoms with van der Waals surface area (Å²) in [4.78, 5) is 4.71. The van der Waals surface area contributed by atoms with Crippen molar-refractivity contribution in [3.05, 3.63) is 29.6 Å². The van der Waals surface area contributed by atoms with Crippen molar-refractivity contribution in [2.45, 2.75) is 45.9 Å². The number of nitrogens with zero attached hydrogens (tertiary/aromatic N) is 2. The third kappa shape index (κ3) is 2.56. The number of benzene rings is 1. The van der Waals surface area contributed by atoms with E-state index in [2.05, 4.69) is 63.1 Å². The van der Waals surface area contributed by atoms with Gasteiger partial charge in [-0.15, -0.1) is 0 Å². The van der Waals surface area contributed by atoms with Crippen molar-refractivity contribution in [3.63, 3.8) is 0 Å². The van der Waals surface area contributed by atoms with Gasteiger partial charge in [0.2, 0.25) is 0 Å². The molecular formula is C15H22N2S. The highest BCUT2D eigenvalue weighted by atomic mass is 32.1. The number of imidazole rings is 1. The Morgan fingerprint density at radius 3 is 2.50 bits per heavy atom. The van der Waals surface area contributed by atoms with E-state index in [1.807, 2.05) is 0 Å². The molecule has 0 amide bonds. The molecule has 0 unspecified atom stereocenters. The first-order valence-electron chi connectivity index (χ1n) is 6.62. The molecule has 0 N–H and O–H groups in total. The molecule has 0 aliphatic rings. The Kier molecular flexibility index (Phi) is 4.00. The third-order valence-corrected chi connectivity index (χ3v) is 3.49. The second-order valence-electron chi connectivity index (χ2n) is 5.59. The van der Waals surface area contributed by atoms with Crippen LogP contribution in [0.15, 0.2) is 18.2 Å². The van der Waals surface area contributed by atoms with Crippen molar-refractivity contribution in [2.75, 3.05) is 0 Å². The van der Waals surface area contributed by atoms with Gasteiger partial charge in [-0.3, -0.25) is 0 Å². The third-order valence-electron chi connectivity index (χ3n) is 3.21. The zero-order chi connectivity index (χ0) is 13.3. The van der Waals surface area contributed by atoms with Crippen molar-refractivity contribution >= 4 is 23.7 Å². The average Bonchev–Trinajstić information content (AvgIpc) is 2.65. The summed E-state index contributed by atoms with van der Waals surface area (Å²) in [5.74, 6) is 2.93. The van der Waals surface area contributed by atoms with E-state index in [1.54, 1.807) is 0 Å². The van der Waals surface area contributed by atoms with Gasteiger partial charge in [0.15, 0.2) is 0 Å². The van der Waals surface area contributed by atoms with Crippen LogP contribution < -0.4 is 0 Å². The van der Waals surface area contributed by atoms with E-state index in [1.165, 1.54) is 11.1 Å². The number of aromatic nitrogens is 2. The van der Waals surface area contributed by atoms with Gasteiger partial charge in [-0.05, 0) is 29.5 Å². The molecule has 0 saturated heterocycles. The normalized spacial score (nSPS) is 11.9. The topological polar surface area (TPSA) is 17.8 Å². The summed E-state index contributed by atoms with van der Waals surface area (Å²) < 4.78 is 2.30. The lowest BCUT2D eigenvalue weighted by atomic mass is 10.0. The molecule has 1 aromatic carbocycles. The molecule has 1 aromatic heterocycles. The summed E-state index contributed by atoms with van der Waals surface area (Å²) in [5.41, 5.74) is 3.69. The Morgan fingerprint density at radius 2 is 1.94 bits per heavy atom. The molecule has 0 aliphatic heterocycles. The quantitative estimate of drug-likeness (QED) is 0.816. The monoisotopic (exact) mass is 262 g/mol. The predicted octanol–water partition coefficient (Wildman–Crippen LogP) is 4.25. The Morgan fingerprint density at radius 1 is 1.22 bits per heavy atom. The van der Waals surface area contributed by atoms with E-state index >= 15 is 0 Å². The van der Waals surface area contributed by atoms with Crippen molar-refractivity contribution < 1.29 is 0 Å². The van der Waals surface area contributed by atoms with Crippen LogP contribution in [0.25, 0.3) is 11.0 Å². The zero-order valence-corrected chi connectivity index (χ0v) is 12.5. The molecular weight excluding hydrogens is 240 g/mol. The second-order valence-corrected chi connectivity index (χ2v) is 5.91. The van der Waals surface area contributed by atoms with E-state index in [4.69, 9.17) is 4.98 Å². The van der Waals surface area contributed by atoms with Crippen LogP contribution in [0.1, 0.15) is 45.0 Å². The summed E-state index contributed by atoms with van der Waals surface area (Å²) in [6.07, 6.45) is 0. The molecule has 3 heteroatoms. The van der Waals surface area contributed by atoms with Gasteiger partial charge in [-0.25, -0.2) is 4.98 Å². The van der Waals surface area contributed by atoms with Gasteiger partial charge in [0, 0.05) is 12.3 Å². The molecule has 2 aromatic rings. The van der Waals surface area contributed by atoms with Crippen molar-refractivity contribution in [3.8, 4) is 0 Å². The molecule has 0 atom stereocenters. The van der Waals surface area contributed by atoms with Gasteiger partial charge in [-0.2, -0.15) is 12.6 Å². The summed E-state index contributed by atoms with van der Waals surface area (Å²) in [6.45, 7) is 9.90. The number of fused-ring (bicyclic) bond motifs is 1. The summed E-state index contributed by atoms with van der Waals surface area (Å²) in [7, 11) is 0. The van der Waals surface area contributed by atoms with Crippen LogP contribution in [0.3, 0.4) is 0 Å². The molecule has 98 valence electrons. The largest absolute Gasteiger partial charge is 0.327 e. The SMILES string of the molecule is CC(C)Cn1c(CS)nc2cc(C(C)C)ccc21. The number of hydrogen-bond donors (Lipinski definition) is 1. The van der Waals surface area contributed by atoms with E-state index in [-0.39, 0.29) is 0 Å². The smallest absolute Gasteiger partial charge is 0.119 e. The fourth-order valence-corrected chi connectivity index (χ4v) is 2.49. The fourth-order valence-electron chi connectivity index (χ4n) is 2.25. The first kappa shape index (κ1) is 13.5. The molecule has 0 fully saturated rings. The molecule has 2 nitrogen and oxygen atoms in total. The van der Waals surface area contributed by atoms with Gasteiger partial charge in [-0.1, -0.05) is 33.8 Å². The Hall–Kier alpha value is -0.960. The highest BCUT2D eigenvalue weighted by molar-refractivity contribution is 7.79. The standard InChI is InChI=1S/C15H22N2S/c1-10(2)8-17-14-6-5-12(11(3)4)7-13(14)16-15(17)9-18/h5-7,10-11,18H,8-9H2,1-4H3. The molecule has 0 bridgehead atoms. The average molecular weight is 262 g/mol. The van der Waals surface area contributed by atoms with Crippen LogP contribution >= 0.6 is 12.6 Å². The highest BCUT2D eigenvalue weighted by Crippen LogP contribution is 2.23. The maximum Gasteiger partial charge on any atom is 0.119 e. The predicted molar refractivity (Wildman–Crippen MR) is 81.4 cm³/mol. The van der Waals surface area contributed by atoms with Crippen LogP contribution in [-0.4, -0.2) is 9.55 Å². The van der Waals surface area contributed by atoms with Crippen LogP contribution in [0.2, 0.25) is 0 Å². The minimum Gasteiger partial charge on any atom is -0.327 e. The van der Waals surface area contributed by atoms with Gasteiger partial charge in [0.25, 0.3) is 0 Å². The second kappa shape index (κ2) is 5.35. The molecule has 0 spiro atoms. The summed E-state index contributed by atoms with van der Waals surface area (Å²) >= 11 is 4.40. The molecule has 0 radical (unpaired) electrons. The zero-order valence-electron chi connectivity index (χ0n) is 11.6. The molecule has 1 heterocycles. The minimum absolute atomic E-state index is 0.545. The van der Waals surface area contributed by atoms with Crippen LogP contribution in [0.5, 0.6) is 0 Å². The first-order valence-corrected chi connectivity index (χ1v) is 7.26. The fraction of sp³-hybridized carbons (Fsp3) is 0.533. The van der Waals surface area contributed by atoms with Crippen molar-refractivity contribution in [2.24, 2.45) is 5.92 Å². The lowest BCUT2D eigenvalue weighted by Gasteiger charge is -2.11. The van der Waals surface area contributed by atoms with Crippen molar-refractivity contribution in [1.82, 2.24) is 9.55 Å². The van der Waals surface area contributed by atoms with E-state index in [0.717, 1.165) is 17.9 Å².